The van der Waals surface area contributed by atoms with E-state index in [-0.39, 0.29) is 29.0 Å². The minimum absolute atomic E-state index is 0.0362. The predicted octanol–water partition coefficient (Wildman–Crippen LogP) is 2.76. The normalized spacial score (nSPS) is 24.3. The Labute approximate surface area is 175 Å². The second-order valence-corrected chi connectivity index (χ2v) is 9.04. The maximum Gasteiger partial charge on any atom is 0.263 e. The van der Waals surface area contributed by atoms with Gasteiger partial charge in [0.25, 0.3) is 5.56 Å². The Bertz CT molecular complexity index is 1040. The lowest BCUT2D eigenvalue weighted by molar-refractivity contribution is -0.137. The quantitative estimate of drug-likeness (QED) is 0.741. The molecule has 2 fully saturated rings. The van der Waals surface area contributed by atoms with Crippen molar-refractivity contribution in [2.24, 2.45) is 0 Å². The molecule has 0 radical (unpaired) electrons. The molecule has 8 heteroatoms. The number of Topliss-reactive ketones (excluding diaryl/α,β-unsaturated/α-hetero) is 1. The lowest BCUT2D eigenvalue weighted by atomic mass is 9.90. The van der Waals surface area contributed by atoms with E-state index in [1.54, 1.807) is 17.7 Å². The third-order valence-electron chi connectivity index (χ3n) is 6.56. The van der Waals surface area contributed by atoms with Crippen molar-refractivity contribution in [1.82, 2.24) is 14.5 Å². The van der Waals surface area contributed by atoms with E-state index >= 15 is 0 Å². The first-order valence-corrected chi connectivity index (χ1v) is 10.7. The van der Waals surface area contributed by atoms with Crippen LogP contribution in [0.25, 0.3) is 11.0 Å². The van der Waals surface area contributed by atoms with Crippen LogP contribution in [-0.4, -0.2) is 49.8 Å². The molecule has 1 saturated heterocycles. The largest absolute Gasteiger partial charge is 0.388 e. The number of hydrogen-bond acceptors (Lipinski definition) is 7. The monoisotopic (exact) mass is 414 g/mol. The van der Waals surface area contributed by atoms with Crippen molar-refractivity contribution >= 4 is 22.8 Å². The molecule has 1 aliphatic heterocycles. The zero-order valence-electron chi connectivity index (χ0n) is 18.1. The number of aromatic nitrogens is 3. The average molecular weight is 415 g/mol. The second kappa shape index (κ2) is 7.74. The molecule has 8 nitrogen and oxygen atoms in total. The average Bonchev–Trinajstić information content (AvgIpc) is 3.19. The molecule has 2 aliphatic rings. The number of carbonyl (C=O) groups is 1. The fourth-order valence-electron chi connectivity index (χ4n) is 4.81. The van der Waals surface area contributed by atoms with Gasteiger partial charge in [0.05, 0.1) is 17.2 Å². The first kappa shape index (κ1) is 20.9. The van der Waals surface area contributed by atoms with Crippen molar-refractivity contribution in [2.45, 2.75) is 83.6 Å². The number of nitrogens with zero attached hydrogens (tertiary/aromatic N) is 3. The van der Waals surface area contributed by atoms with Crippen LogP contribution in [0.1, 0.15) is 74.8 Å². The van der Waals surface area contributed by atoms with Crippen LogP contribution in [0.3, 0.4) is 0 Å². The number of anilines is 1. The maximum absolute atomic E-state index is 13.3. The topological polar surface area (TPSA) is 106 Å². The Morgan fingerprint density at radius 2 is 2.00 bits per heavy atom. The van der Waals surface area contributed by atoms with Gasteiger partial charge >= 0.3 is 0 Å². The Hall–Kier alpha value is -2.32. The van der Waals surface area contributed by atoms with E-state index < -0.39 is 11.7 Å². The number of nitrogens with one attached hydrogen (secondary N) is 1. The fourth-order valence-corrected chi connectivity index (χ4v) is 4.81. The number of rotatable bonds is 4. The molecule has 0 bridgehead atoms. The number of ketones is 1. The summed E-state index contributed by atoms with van der Waals surface area (Å²) in [6, 6.07) is -0.218. The number of pyridine rings is 1. The van der Waals surface area contributed by atoms with Crippen molar-refractivity contribution in [3.63, 3.8) is 0 Å². The highest BCUT2D eigenvalue weighted by molar-refractivity contribution is 5.99. The molecular weight excluding hydrogens is 384 g/mol. The molecule has 0 spiro atoms. The molecule has 0 unspecified atom stereocenters. The first-order valence-electron chi connectivity index (χ1n) is 10.7. The van der Waals surface area contributed by atoms with E-state index in [1.165, 1.54) is 6.92 Å². The van der Waals surface area contributed by atoms with E-state index in [4.69, 9.17) is 9.72 Å². The summed E-state index contributed by atoms with van der Waals surface area (Å²) in [5.74, 6) is 0.131. The smallest absolute Gasteiger partial charge is 0.263 e. The first-order chi connectivity index (χ1) is 14.2. The summed E-state index contributed by atoms with van der Waals surface area (Å²) >= 11 is 0. The Morgan fingerprint density at radius 3 is 2.67 bits per heavy atom. The number of carbonyl (C=O) groups excluding carboxylic acids is 1. The van der Waals surface area contributed by atoms with Crippen LogP contribution in [0.15, 0.2) is 11.0 Å². The van der Waals surface area contributed by atoms with Crippen LogP contribution in [-0.2, 0) is 4.74 Å². The lowest BCUT2D eigenvalue weighted by Crippen LogP contribution is -2.54. The number of aliphatic hydroxyl groups is 1. The van der Waals surface area contributed by atoms with Crippen molar-refractivity contribution < 1.29 is 14.6 Å². The summed E-state index contributed by atoms with van der Waals surface area (Å²) in [6.07, 6.45) is 5.49. The third-order valence-corrected chi connectivity index (χ3v) is 6.56. The molecule has 162 valence electrons. The summed E-state index contributed by atoms with van der Waals surface area (Å²) < 4.78 is 7.36. The summed E-state index contributed by atoms with van der Waals surface area (Å²) in [5.41, 5.74) is 0.464. The Morgan fingerprint density at radius 1 is 1.30 bits per heavy atom. The number of aliphatic hydroxyl groups excluding tert-OH is 1. The van der Waals surface area contributed by atoms with Gasteiger partial charge in [0.1, 0.15) is 11.8 Å². The van der Waals surface area contributed by atoms with Gasteiger partial charge in [-0.1, -0.05) is 12.8 Å². The lowest BCUT2D eigenvalue weighted by Gasteiger charge is -2.40. The van der Waals surface area contributed by atoms with Crippen molar-refractivity contribution in [1.29, 1.82) is 0 Å². The van der Waals surface area contributed by atoms with E-state index in [1.807, 2.05) is 13.8 Å². The van der Waals surface area contributed by atoms with E-state index in [9.17, 15) is 14.7 Å². The SMILES string of the molecule is CC(=O)c1c(C)c2cnc(N[C@H]3CCOC(C)(C)[C@@H]3O)nc2n(C2CCCC2)c1=O. The molecule has 1 saturated carbocycles. The van der Waals surface area contributed by atoms with Crippen LogP contribution in [0.2, 0.25) is 0 Å². The molecule has 2 N–H and O–H groups in total. The molecule has 1 aliphatic carbocycles. The highest BCUT2D eigenvalue weighted by atomic mass is 16.5. The third kappa shape index (κ3) is 3.52. The molecule has 2 atom stereocenters. The zero-order valence-corrected chi connectivity index (χ0v) is 18.1. The van der Waals surface area contributed by atoms with Gasteiger partial charge in [0, 0.05) is 24.2 Å². The molecule has 30 heavy (non-hydrogen) atoms. The van der Waals surface area contributed by atoms with E-state index in [0.717, 1.165) is 25.7 Å². The van der Waals surface area contributed by atoms with Crippen LogP contribution in [0, 0.1) is 6.92 Å². The van der Waals surface area contributed by atoms with Gasteiger partial charge in [0.15, 0.2) is 5.78 Å². The van der Waals surface area contributed by atoms with Gasteiger partial charge in [0.2, 0.25) is 5.95 Å². The van der Waals surface area contributed by atoms with Crippen LogP contribution in [0.5, 0.6) is 0 Å². The minimum Gasteiger partial charge on any atom is -0.388 e. The molecule has 2 aromatic rings. The number of aryl methyl sites for hydroxylation is 1. The summed E-state index contributed by atoms with van der Waals surface area (Å²) in [7, 11) is 0. The van der Waals surface area contributed by atoms with Gasteiger partial charge in [-0.25, -0.2) is 4.98 Å². The van der Waals surface area contributed by atoms with Gasteiger partial charge in [-0.15, -0.1) is 0 Å². The van der Waals surface area contributed by atoms with Crippen molar-refractivity contribution in [3.8, 4) is 0 Å². The molecule has 0 aromatic carbocycles. The summed E-state index contributed by atoms with van der Waals surface area (Å²) in [5, 5.41) is 14.6. The molecule has 4 rings (SSSR count). The van der Waals surface area contributed by atoms with Crippen molar-refractivity contribution in [2.75, 3.05) is 11.9 Å². The number of fused-ring (bicyclic) bond motifs is 1. The van der Waals surface area contributed by atoms with Crippen molar-refractivity contribution in [3.05, 3.63) is 27.7 Å². The molecule has 3 heterocycles. The molecular formula is C22H30N4O4. The van der Waals surface area contributed by atoms with Crippen LogP contribution >= 0.6 is 0 Å². The van der Waals surface area contributed by atoms with Gasteiger partial charge < -0.3 is 15.2 Å². The van der Waals surface area contributed by atoms with Gasteiger partial charge in [-0.05, 0) is 52.5 Å². The minimum atomic E-state index is -0.718. The van der Waals surface area contributed by atoms with Gasteiger partial charge in [-0.3, -0.25) is 14.2 Å². The number of hydrogen-bond donors (Lipinski definition) is 2. The Balaban J connectivity index is 1.82. The zero-order chi connectivity index (χ0) is 21.6. The fraction of sp³-hybridized carbons (Fsp3) is 0.636. The molecule has 0 amide bonds. The summed E-state index contributed by atoms with van der Waals surface area (Å²) in [4.78, 5) is 34.6. The standard InChI is InChI=1S/C22H30N4O4/c1-12-15-11-23-21(24-16-9-10-30-22(3,4)18(16)28)25-19(15)26(14-7-5-6-8-14)20(29)17(12)13(2)27/h11,14,16,18,28H,5-10H2,1-4H3,(H,23,24,25)/t16-,18+/m0/s1. The predicted molar refractivity (Wildman–Crippen MR) is 114 cm³/mol. The molecule has 2 aromatic heterocycles. The van der Waals surface area contributed by atoms with E-state index in [2.05, 4.69) is 10.3 Å². The maximum atomic E-state index is 13.3. The summed E-state index contributed by atoms with van der Waals surface area (Å²) in [6.45, 7) is 7.46. The highest BCUT2D eigenvalue weighted by Gasteiger charge is 2.39. The Kier molecular flexibility index (Phi) is 5.40. The van der Waals surface area contributed by atoms with Crippen LogP contribution in [0.4, 0.5) is 5.95 Å². The van der Waals surface area contributed by atoms with Crippen LogP contribution < -0.4 is 10.9 Å². The highest BCUT2D eigenvalue weighted by Crippen LogP contribution is 2.32. The van der Waals surface area contributed by atoms with E-state index in [0.29, 0.717) is 35.6 Å². The number of ether oxygens (including phenoxy) is 1. The van der Waals surface area contributed by atoms with Gasteiger partial charge in [-0.2, -0.15) is 4.98 Å². The second-order valence-electron chi connectivity index (χ2n) is 9.04.